The quantitative estimate of drug-likeness (QED) is 0.781. The van der Waals surface area contributed by atoms with E-state index in [-0.39, 0.29) is 0 Å². The molecule has 1 saturated carbocycles. The van der Waals surface area contributed by atoms with Crippen LogP contribution in [0.15, 0.2) is 0 Å². The maximum atomic E-state index is 5.84. The van der Waals surface area contributed by atoms with Crippen molar-refractivity contribution in [2.45, 2.75) is 65.0 Å². The fourth-order valence-electron chi connectivity index (χ4n) is 3.60. The highest BCUT2D eigenvalue weighted by atomic mass is 15.2. The number of piperidine rings is 1. The number of rotatable bonds is 2. The molecule has 3 atom stereocenters. The SMILES string of the molecule is CC1CCC(CN)CN1C1CCC(C)(C)C1. The Morgan fingerprint density at radius 2 is 2.00 bits per heavy atom. The minimum Gasteiger partial charge on any atom is -0.330 e. The van der Waals surface area contributed by atoms with Gasteiger partial charge in [-0.05, 0) is 56.9 Å². The summed E-state index contributed by atoms with van der Waals surface area (Å²) in [4.78, 5) is 2.76. The molecule has 3 unspecified atom stereocenters. The predicted molar refractivity (Wildman–Crippen MR) is 69.4 cm³/mol. The zero-order valence-electron chi connectivity index (χ0n) is 11.2. The molecule has 2 rings (SSSR count). The van der Waals surface area contributed by atoms with Gasteiger partial charge in [-0.1, -0.05) is 13.8 Å². The van der Waals surface area contributed by atoms with Crippen molar-refractivity contribution in [2.75, 3.05) is 13.1 Å². The normalized spacial score (nSPS) is 40.1. The van der Waals surface area contributed by atoms with E-state index in [0.717, 1.165) is 24.5 Å². The first-order valence-corrected chi connectivity index (χ1v) is 6.97. The van der Waals surface area contributed by atoms with Crippen LogP contribution in [0.5, 0.6) is 0 Å². The fraction of sp³-hybridized carbons (Fsp3) is 1.00. The molecule has 94 valence electrons. The summed E-state index contributed by atoms with van der Waals surface area (Å²) in [5, 5.41) is 0. The van der Waals surface area contributed by atoms with Gasteiger partial charge in [0.25, 0.3) is 0 Å². The summed E-state index contributed by atoms with van der Waals surface area (Å²) >= 11 is 0. The van der Waals surface area contributed by atoms with E-state index in [9.17, 15) is 0 Å². The maximum Gasteiger partial charge on any atom is 0.0103 e. The predicted octanol–water partition coefficient (Wildman–Crippen LogP) is 2.62. The Morgan fingerprint density at radius 1 is 1.25 bits per heavy atom. The van der Waals surface area contributed by atoms with E-state index in [4.69, 9.17) is 5.73 Å². The standard InChI is InChI=1S/C14H28N2/c1-11-4-5-12(9-15)10-16(11)13-6-7-14(2,3)8-13/h11-13H,4-10,15H2,1-3H3. The van der Waals surface area contributed by atoms with Crippen LogP contribution in [0.3, 0.4) is 0 Å². The number of nitrogens with two attached hydrogens (primary N) is 1. The molecule has 0 aromatic heterocycles. The van der Waals surface area contributed by atoms with Crippen LogP contribution in [0.25, 0.3) is 0 Å². The van der Waals surface area contributed by atoms with Gasteiger partial charge < -0.3 is 5.73 Å². The van der Waals surface area contributed by atoms with Crippen LogP contribution in [0.2, 0.25) is 0 Å². The lowest BCUT2D eigenvalue weighted by Crippen LogP contribution is -2.48. The summed E-state index contributed by atoms with van der Waals surface area (Å²) < 4.78 is 0. The molecule has 0 amide bonds. The van der Waals surface area contributed by atoms with Crippen LogP contribution < -0.4 is 5.73 Å². The van der Waals surface area contributed by atoms with Crippen molar-refractivity contribution in [1.29, 1.82) is 0 Å². The average Bonchev–Trinajstić information content (AvgIpc) is 2.59. The van der Waals surface area contributed by atoms with E-state index in [0.29, 0.717) is 5.41 Å². The number of likely N-dealkylation sites (tertiary alicyclic amines) is 1. The molecule has 1 saturated heterocycles. The Labute approximate surface area is 101 Å². The molecule has 2 nitrogen and oxygen atoms in total. The Balaban J connectivity index is 1.97. The van der Waals surface area contributed by atoms with Gasteiger partial charge in [0.15, 0.2) is 0 Å². The first-order chi connectivity index (χ1) is 7.52. The van der Waals surface area contributed by atoms with Crippen molar-refractivity contribution in [2.24, 2.45) is 17.1 Å². The lowest BCUT2D eigenvalue weighted by molar-refractivity contribution is 0.0716. The summed E-state index contributed by atoms with van der Waals surface area (Å²) in [5.74, 6) is 0.750. The number of hydrogen-bond donors (Lipinski definition) is 1. The molecule has 0 aromatic rings. The molecule has 0 aromatic carbocycles. The number of nitrogens with zero attached hydrogens (tertiary/aromatic N) is 1. The van der Waals surface area contributed by atoms with Crippen molar-refractivity contribution in [1.82, 2.24) is 4.90 Å². The highest BCUT2D eigenvalue weighted by Crippen LogP contribution is 2.41. The third kappa shape index (κ3) is 2.60. The van der Waals surface area contributed by atoms with Crippen LogP contribution in [0.1, 0.15) is 52.9 Å². The van der Waals surface area contributed by atoms with Crippen molar-refractivity contribution in [3.63, 3.8) is 0 Å². The second-order valence-corrected chi connectivity index (χ2v) is 6.79. The first-order valence-electron chi connectivity index (χ1n) is 6.97. The fourth-order valence-corrected chi connectivity index (χ4v) is 3.60. The Hall–Kier alpha value is -0.0800. The van der Waals surface area contributed by atoms with Gasteiger partial charge in [-0.3, -0.25) is 4.90 Å². The Bertz CT molecular complexity index is 237. The van der Waals surface area contributed by atoms with Crippen LogP contribution in [0, 0.1) is 11.3 Å². The van der Waals surface area contributed by atoms with Crippen LogP contribution in [0.4, 0.5) is 0 Å². The molecular formula is C14H28N2. The summed E-state index contributed by atoms with van der Waals surface area (Å²) in [6, 6.07) is 1.61. The second kappa shape index (κ2) is 4.66. The largest absolute Gasteiger partial charge is 0.330 e. The van der Waals surface area contributed by atoms with E-state index in [2.05, 4.69) is 25.7 Å². The molecular weight excluding hydrogens is 196 g/mol. The zero-order valence-corrected chi connectivity index (χ0v) is 11.2. The Morgan fingerprint density at radius 3 is 2.56 bits per heavy atom. The highest BCUT2D eigenvalue weighted by Gasteiger charge is 2.37. The van der Waals surface area contributed by atoms with E-state index in [1.165, 1.54) is 38.6 Å². The van der Waals surface area contributed by atoms with E-state index in [1.54, 1.807) is 0 Å². The van der Waals surface area contributed by atoms with Crippen LogP contribution in [-0.2, 0) is 0 Å². The molecule has 1 aliphatic heterocycles. The van der Waals surface area contributed by atoms with Gasteiger partial charge in [-0.2, -0.15) is 0 Å². The van der Waals surface area contributed by atoms with Gasteiger partial charge in [-0.25, -0.2) is 0 Å². The highest BCUT2D eigenvalue weighted by molar-refractivity contribution is 4.92. The van der Waals surface area contributed by atoms with Gasteiger partial charge in [0.2, 0.25) is 0 Å². The van der Waals surface area contributed by atoms with Crippen LogP contribution >= 0.6 is 0 Å². The molecule has 2 heteroatoms. The lowest BCUT2D eigenvalue weighted by Gasteiger charge is -2.42. The van der Waals surface area contributed by atoms with Gasteiger partial charge in [0, 0.05) is 18.6 Å². The van der Waals surface area contributed by atoms with E-state index < -0.39 is 0 Å². The number of hydrogen-bond acceptors (Lipinski definition) is 2. The van der Waals surface area contributed by atoms with E-state index >= 15 is 0 Å². The minimum atomic E-state index is 0.569. The van der Waals surface area contributed by atoms with Crippen molar-refractivity contribution >= 4 is 0 Å². The molecule has 1 aliphatic carbocycles. The topological polar surface area (TPSA) is 29.3 Å². The van der Waals surface area contributed by atoms with Crippen LogP contribution in [-0.4, -0.2) is 30.1 Å². The zero-order chi connectivity index (χ0) is 11.8. The average molecular weight is 224 g/mol. The van der Waals surface area contributed by atoms with Gasteiger partial charge >= 0.3 is 0 Å². The van der Waals surface area contributed by atoms with Gasteiger partial charge in [0.1, 0.15) is 0 Å². The third-order valence-electron chi connectivity index (χ3n) is 4.77. The monoisotopic (exact) mass is 224 g/mol. The molecule has 0 bridgehead atoms. The van der Waals surface area contributed by atoms with Gasteiger partial charge in [-0.15, -0.1) is 0 Å². The molecule has 0 radical (unpaired) electrons. The molecule has 2 fully saturated rings. The second-order valence-electron chi connectivity index (χ2n) is 6.79. The van der Waals surface area contributed by atoms with Gasteiger partial charge in [0.05, 0.1) is 0 Å². The summed E-state index contributed by atoms with van der Waals surface area (Å²) in [6.07, 6.45) is 6.86. The smallest absolute Gasteiger partial charge is 0.0103 e. The summed E-state index contributed by atoms with van der Waals surface area (Å²) in [6.45, 7) is 9.36. The van der Waals surface area contributed by atoms with E-state index in [1.807, 2.05) is 0 Å². The van der Waals surface area contributed by atoms with Crippen molar-refractivity contribution in [3.8, 4) is 0 Å². The molecule has 2 aliphatic rings. The molecule has 2 N–H and O–H groups in total. The summed E-state index contributed by atoms with van der Waals surface area (Å²) in [5.41, 5.74) is 6.41. The van der Waals surface area contributed by atoms with Crippen molar-refractivity contribution in [3.05, 3.63) is 0 Å². The van der Waals surface area contributed by atoms with Crippen molar-refractivity contribution < 1.29 is 0 Å². The lowest BCUT2D eigenvalue weighted by atomic mass is 9.89. The first kappa shape index (κ1) is 12.4. The summed E-state index contributed by atoms with van der Waals surface area (Å²) in [7, 11) is 0. The minimum absolute atomic E-state index is 0.569. The molecule has 16 heavy (non-hydrogen) atoms. The third-order valence-corrected chi connectivity index (χ3v) is 4.77. The maximum absolute atomic E-state index is 5.84. The molecule has 1 heterocycles. The molecule has 0 spiro atoms. The Kier molecular flexibility index (Phi) is 3.60.